The maximum absolute atomic E-state index is 5.96. The quantitative estimate of drug-likeness (QED) is 0.402. The van der Waals surface area contributed by atoms with E-state index in [0.29, 0.717) is 0 Å². The van der Waals surface area contributed by atoms with Crippen molar-refractivity contribution in [3.8, 4) is 33.8 Å². The van der Waals surface area contributed by atoms with Crippen LogP contribution in [-0.4, -0.2) is 29.6 Å². The van der Waals surface area contributed by atoms with Crippen molar-refractivity contribution in [1.29, 1.82) is 0 Å². The van der Waals surface area contributed by atoms with Crippen LogP contribution in [0, 0.1) is 0 Å². The summed E-state index contributed by atoms with van der Waals surface area (Å²) >= 11 is 0. The molecule has 0 aromatic heterocycles. The maximum atomic E-state index is 5.96. The molecule has 4 aromatic carbocycles. The van der Waals surface area contributed by atoms with Gasteiger partial charge in [0.25, 0.3) is 0 Å². The van der Waals surface area contributed by atoms with Crippen LogP contribution in [0.2, 0.25) is 0 Å². The summed E-state index contributed by atoms with van der Waals surface area (Å²) in [5, 5.41) is 0. The first-order valence-electron chi connectivity index (χ1n) is 8.37. The first-order chi connectivity index (χ1) is 12.4. The van der Waals surface area contributed by atoms with Crippen LogP contribution < -0.4 is 4.74 Å². The van der Waals surface area contributed by atoms with E-state index in [1.807, 2.05) is 60.7 Å². The first-order valence-corrected chi connectivity index (χ1v) is 8.37. The summed E-state index contributed by atoms with van der Waals surface area (Å²) in [6.45, 7) is 0. The van der Waals surface area contributed by atoms with E-state index in [1.165, 1.54) is 22.3 Å². The summed E-state index contributed by atoms with van der Waals surface area (Å²) in [5.41, 5.74) is 4.79. The zero-order valence-electron chi connectivity index (χ0n) is 13.8. The number of ether oxygens (including phenoxy) is 1. The summed E-state index contributed by atoms with van der Waals surface area (Å²) in [6, 6.07) is 37.1. The molecule has 2 heteroatoms. The van der Waals surface area contributed by atoms with Gasteiger partial charge >= 0.3 is 29.6 Å². The Labute approximate surface area is 176 Å². The van der Waals surface area contributed by atoms with Gasteiger partial charge in [-0.3, -0.25) is 0 Å². The fourth-order valence-electron chi connectivity index (χ4n) is 2.83. The third-order valence-electron chi connectivity index (χ3n) is 4.16. The second-order valence-electron chi connectivity index (χ2n) is 5.88. The standard InChI is InChI=1S/C24H18O.Na.H/c1-3-7-19(8-4-1)21-11-15-23(16-12-21)25-24-17-13-22(14-18-24)20-9-5-2-6-10-20;;/h1-18H;;. The Kier molecular flexibility index (Phi) is 6.30. The molecule has 0 saturated carbocycles. The van der Waals surface area contributed by atoms with Crippen LogP contribution in [0.25, 0.3) is 22.3 Å². The first kappa shape index (κ1) is 18.5. The minimum atomic E-state index is 0. The van der Waals surface area contributed by atoms with Gasteiger partial charge in [-0.25, -0.2) is 0 Å². The Balaban J connectivity index is 0.00000196. The molecule has 0 atom stereocenters. The Morgan fingerprint density at radius 2 is 0.654 bits per heavy atom. The van der Waals surface area contributed by atoms with Crippen molar-refractivity contribution < 1.29 is 4.74 Å². The van der Waals surface area contributed by atoms with E-state index in [4.69, 9.17) is 4.74 Å². The van der Waals surface area contributed by atoms with E-state index in [-0.39, 0.29) is 29.6 Å². The summed E-state index contributed by atoms with van der Waals surface area (Å²) < 4.78 is 5.96. The number of hydrogen-bond acceptors (Lipinski definition) is 1. The van der Waals surface area contributed by atoms with Crippen LogP contribution in [0.5, 0.6) is 11.5 Å². The van der Waals surface area contributed by atoms with Crippen LogP contribution in [0.4, 0.5) is 0 Å². The number of rotatable bonds is 4. The predicted molar refractivity (Wildman–Crippen MR) is 111 cm³/mol. The topological polar surface area (TPSA) is 9.23 Å². The van der Waals surface area contributed by atoms with Crippen molar-refractivity contribution in [2.45, 2.75) is 0 Å². The number of hydrogen-bond donors (Lipinski definition) is 0. The minimum absolute atomic E-state index is 0. The molecule has 0 bridgehead atoms. The molecule has 0 heterocycles. The van der Waals surface area contributed by atoms with E-state index in [1.54, 1.807) is 0 Å². The molecule has 26 heavy (non-hydrogen) atoms. The van der Waals surface area contributed by atoms with E-state index in [2.05, 4.69) is 48.5 Å². The molecular weight excluding hydrogens is 327 g/mol. The third kappa shape index (κ3) is 4.44. The molecule has 0 aliphatic carbocycles. The molecule has 0 saturated heterocycles. The van der Waals surface area contributed by atoms with Crippen LogP contribution in [0.3, 0.4) is 0 Å². The second kappa shape index (κ2) is 8.86. The summed E-state index contributed by atoms with van der Waals surface area (Å²) in [6.07, 6.45) is 0. The van der Waals surface area contributed by atoms with E-state index in [9.17, 15) is 0 Å². The van der Waals surface area contributed by atoms with Crippen LogP contribution in [0.1, 0.15) is 0 Å². The largest absolute Gasteiger partial charge is 0.457 e. The van der Waals surface area contributed by atoms with Crippen molar-refractivity contribution >= 4 is 29.6 Å². The second-order valence-corrected chi connectivity index (χ2v) is 5.88. The molecule has 0 spiro atoms. The third-order valence-corrected chi connectivity index (χ3v) is 4.16. The van der Waals surface area contributed by atoms with Crippen molar-refractivity contribution in [2.75, 3.05) is 0 Å². The monoisotopic (exact) mass is 346 g/mol. The van der Waals surface area contributed by atoms with Gasteiger partial charge in [-0.1, -0.05) is 84.9 Å². The molecule has 0 aliphatic rings. The van der Waals surface area contributed by atoms with Crippen LogP contribution >= 0.6 is 0 Å². The van der Waals surface area contributed by atoms with Gasteiger partial charge in [-0.05, 0) is 46.5 Å². The minimum Gasteiger partial charge on any atom is -0.457 e. The van der Waals surface area contributed by atoms with E-state index >= 15 is 0 Å². The van der Waals surface area contributed by atoms with Gasteiger partial charge < -0.3 is 4.74 Å². The molecule has 0 unspecified atom stereocenters. The molecule has 0 N–H and O–H groups in total. The smallest absolute Gasteiger partial charge is 0.127 e. The summed E-state index contributed by atoms with van der Waals surface area (Å²) in [7, 11) is 0. The van der Waals surface area contributed by atoms with Gasteiger partial charge in [0.15, 0.2) is 0 Å². The summed E-state index contributed by atoms with van der Waals surface area (Å²) in [5.74, 6) is 1.68. The zero-order valence-corrected chi connectivity index (χ0v) is 13.8. The van der Waals surface area contributed by atoms with E-state index in [0.717, 1.165) is 11.5 Å². The molecule has 0 amide bonds. The van der Waals surface area contributed by atoms with Gasteiger partial charge in [0, 0.05) is 0 Å². The maximum Gasteiger partial charge on any atom is 0.127 e. The van der Waals surface area contributed by atoms with Gasteiger partial charge in [0.2, 0.25) is 0 Å². The fourth-order valence-corrected chi connectivity index (χ4v) is 2.83. The van der Waals surface area contributed by atoms with Crippen molar-refractivity contribution in [2.24, 2.45) is 0 Å². The molecule has 1 nitrogen and oxygen atoms in total. The molecule has 4 aromatic rings. The average Bonchev–Trinajstić information content (AvgIpc) is 2.71. The van der Waals surface area contributed by atoms with Crippen LogP contribution in [-0.2, 0) is 0 Å². The number of benzene rings is 4. The Morgan fingerprint density at radius 1 is 0.346 bits per heavy atom. The van der Waals surface area contributed by atoms with Gasteiger partial charge in [0.1, 0.15) is 11.5 Å². The molecule has 122 valence electrons. The van der Waals surface area contributed by atoms with Gasteiger partial charge in [-0.15, -0.1) is 0 Å². The van der Waals surface area contributed by atoms with Crippen molar-refractivity contribution in [3.63, 3.8) is 0 Å². The van der Waals surface area contributed by atoms with Gasteiger partial charge in [-0.2, -0.15) is 0 Å². The molecular formula is C24H19NaO. The van der Waals surface area contributed by atoms with Crippen LogP contribution in [0.15, 0.2) is 109 Å². The van der Waals surface area contributed by atoms with Crippen molar-refractivity contribution in [1.82, 2.24) is 0 Å². The summed E-state index contributed by atoms with van der Waals surface area (Å²) in [4.78, 5) is 0. The normalized spacial score (nSPS) is 10.0. The zero-order chi connectivity index (χ0) is 16.9. The van der Waals surface area contributed by atoms with Crippen molar-refractivity contribution in [3.05, 3.63) is 109 Å². The SMILES string of the molecule is [NaH].c1ccc(-c2ccc(Oc3ccc(-c4ccccc4)cc3)cc2)cc1. The fraction of sp³-hybridized carbons (Fsp3) is 0. The average molecular weight is 346 g/mol. The Bertz CT molecular complexity index is 850. The predicted octanol–water partition coefficient (Wildman–Crippen LogP) is 6.16. The van der Waals surface area contributed by atoms with Gasteiger partial charge in [0.05, 0.1) is 0 Å². The molecule has 4 rings (SSSR count). The molecule has 0 aliphatic heterocycles. The Hall–Kier alpha value is -2.32. The van der Waals surface area contributed by atoms with E-state index < -0.39 is 0 Å². The molecule has 0 fully saturated rings. The molecule has 0 radical (unpaired) electrons. The Morgan fingerprint density at radius 3 is 1.00 bits per heavy atom.